The molecule has 42 heavy (non-hydrogen) atoms. The Hall–Kier alpha value is -3.32. The Balaban J connectivity index is 1.62. The molecule has 1 aliphatic rings. The molecule has 4 rings (SSSR count). The number of hydrogen-bond acceptors (Lipinski definition) is 10. The summed E-state index contributed by atoms with van der Waals surface area (Å²) in [6, 6.07) is 12.4. The van der Waals surface area contributed by atoms with Gasteiger partial charge in [-0.3, -0.25) is 23.7 Å². The van der Waals surface area contributed by atoms with E-state index in [9.17, 15) is 29.2 Å². The lowest BCUT2D eigenvalue weighted by Crippen LogP contribution is -2.48. The first-order chi connectivity index (χ1) is 19.9. The number of benzene rings is 2. The fraction of sp³-hybridized carbons (Fsp3) is 0.464. The molecule has 0 aliphatic carbocycles. The molecule has 0 bridgehead atoms. The number of hydrogen-bond donors (Lipinski definition) is 4. The highest BCUT2D eigenvalue weighted by molar-refractivity contribution is 7.52. The Morgan fingerprint density at radius 3 is 2.62 bits per heavy atom. The predicted octanol–water partition coefficient (Wildman–Crippen LogP) is 2.61. The van der Waals surface area contributed by atoms with Crippen molar-refractivity contribution in [3.63, 3.8) is 0 Å². The van der Waals surface area contributed by atoms with E-state index in [1.54, 1.807) is 24.3 Å². The fourth-order valence-electron chi connectivity index (χ4n) is 4.66. The van der Waals surface area contributed by atoms with Crippen molar-refractivity contribution in [3.05, 3.63) is 75.6 Å². The van der Waals surface area contributed by atoms with Crippen LogP contribution in [-0.2, 0) is 23.4 Å². The van der Waals surface area contributed by atoms with Crippen molar-refractivity contribution in [2.45, 2.75) is 76.7 Å². The van der Waals surface area contributed by atoms with Crippen molar-refractivity contribution in [3.8, 4) is 5.75 Å². The van der Waals surface area contributed by atoms with E-state index in [2.05, 4.69) is 10.1 Å². The third kappa shape index (κ3) is 6.83. The quantitative estimate of drug-likeness (QED) is 0.135. The number of aromatic amines is 1. The number of aliphatic hydroxyl groups excluding tert-OH is 1. The van der Waals surface area contributed by atoms with Gasteiger partial charge in [-0.25, -0.2) is 9.36 Å². The van der Waals surface area contributed by atoms with E-state index in [0.29, 0.717) is 11.8 Å². The van der Waals surface area contributed by atoms with Gasteiger partial charge in [0.15, 0.2) is 6.23 Å². The van der Waals surface area contributed by atoms with E-state index in [1.165, 1.54) is 20.8 Å². The van der Waals surface area contributed by atoms with E-state index in [4.69, 9.17) is 18.5 Å². The lowest BCUT2D eigenvalue weighted by molar-refractivity contribution is -0.145. The minimum absolute atomic E-state index is 0.190. The number of nitrogens with one attached hydrogen (secondary N) is 2. The van der Waals surface area contributed by atoms with Gasteiger partial charge in [-0.2, -0.15) is 5.09 Å². The highest BCUT2D eigenvalue weighted by Gasteiger charge is 2.56. The summed E-state index contributed by atoms with van der Waals surface area (Å²) in [5, 5.41) is 26.2. The van der Waals surface area contributed by atoms with Crippen molar-refractivity contribution in [2.75, 3.05) is 6.61 Å². The van der Waals surface area contributed by atoms with Crippen molar-refractivity contribution in [2.24, 2.45) is 0 Å². The maximum Gasteiger partial charge on any atom is 0.459 e. The van der Waals surface area contributed by atoms with Crippen molar-refractivity contribution >= 4 is 24.5 Å². The fourth-order valence-corrected chi connectivity index (χ4v) is 6.37. The molecule has 0 saturated carbocycles. The van der Waals surface area contributed by atoms with E-state index in [1.807, 2.05) is 25.1 Å². The molecule has 7 unspecified atom stereocenters. The van der Waals surface area contributed by atoms with Crippen LogP contribution in [0.15, 0.2) is 64.3 Å². The molecular formula is C28H36N3O10P. The SMILES string of the molecule is CCCCOC(=O)C(C)NP(=O)(Oc1cccc2ccccc12)OC(C)C1OC(n2ccc(=O)[nH]c2=O)C(C)(O)C1O. The largest absolute Gasteiger partial charge is 0.465 e. The molecule has 2 heterocycles. The number of ether oxygens (including phenoxy) is 2. The molecule has 14 heteroatoms. The molecule has 0 spiro atoms. The second-order valence-corrected chi connectivity index (χ2v) is 12.0. The average molecular weight is 606 g/mol. The van der Waals surface area contributed by atoms with Gasteiger partial charge >= 0.3 is 19.4 Å². The first kappa shape index (κ1) is 31.6. The van der Waals surface area contributed by atoms with Gasteiger partial charge in [0.05, 0.1) is 12.7 Å². The van der Waals surface area contributed by atoms with Gasteiger partial charge in [0.1, 0.15) is 29.6 Å². The zero-order chi connectivity index (χ0) is 30.7. The van der Waals surface area contributed by atoms with Crippen molar-refractivity contribution < 1.29 is 38.1 Å². The normalized spacial score (nSPS) is 25.0. The lowest BCUT2D eigenvalue weighted by atomic mass is 9.94. The molecule has 4 N–H and O–H groups in total. The maximum atomic E-state index is 14.3. The molecule has 1 fully saturated rings. The molecule has 2 aromatic carbocycles. The Bertz CT molecular complexity index is 1570. The second kappa shape index (κ2) is 12.9. The van der Waals surface area contributed by atoms with Crippen LogP contribution >= 0.6 is 7.75 Å². The monoisotopic (exact) mass is 605 g/mol. The molecule has 0 amide bonds. The van der Waals surface area contributed by atoms with Crippen LogP contribution in [-0.4, -0.2) is 62.3 Å². The van der Waals surface area contributed by atoms with Crippen LogP contribution in [0, 0.1) is 0 Å². The van der Waals surface area contributed by atoms with Crippen LogP contribution in [0.3, 0.4) is 0 Å². The van der Waals surface area contributed by atoms with Crippen LogP contribution in [0.25, 0.3) is 10.8 Å². The Kier molecular flexibility index (Phi) is 9.71. The summed E-state index contributed by atoms with van der Waals surface area (Å²) in [5.74, 6) is -0.459. The lowest BCUT2D eigenvalue weighted by Gasteiger charge is -2.30. The topological polar surface area (TPSA) is 178 Å². The Morgan fingerprint density at radius 2 is 1.90 bits per heavy atom. The highest BCUT2D eigenvalue weighted by atomic mass is 31.2. The van der Waals surface area contributed by atoms with E-state index < -0.39 is 61.1 Å². The van der Waals surface area contributed by atoms with Crippen LogP contribution < -0.4 is 20.9 Å². The average Bonchev–Trinajstić information content (AvgIpc) is 3.17. The summed E-state index contributed by atoms with van der Waals surface area (Å²) in [5.41, 5.74) is -3.53. The number of carbonyl (C=O) groups is 1. The highest BCUT2D eigenvalue weighted by Crippen LogP contribution is 2.50. The summed E-state index contributed by atoms with van der Waals surface area (Å²) >= 11 is 0. The summed E-state index contributed by atoms with van der Waals surface area (Å²) < 4.78 is 38.2. The van der Waals surface area contributed by atoms with Gasteiger partial charge in [-0.05, 0) is 38.6 Å². The van der Waals surface area contributed by atoms with Crippen LogP contribution in [0.1, 0.15) is 46.8 Å². The number of esters is 1. The molecular weight excluding hydrogens is 569 g/mol. The van der Waals surface area contributed by atoms with Gasteiger partial charge in [0.25, 0.3) is 5.56 Å². The zero-order valence-corrected chi connectivity index (χ0v) is 24.7. The summed E-state index contributed by atoms with van der Waals surface area (Å²) in [7, 11) is -4.42. The first-order valence-corrected chi connectivity index (χ1v) is 15.2. The number of rotatable bonds is 12. The van der Waals surface area contributed by atoms with Crippen LogP contribution in [0.5, 0.6) is 5.75 Å². The zero-order valence-electron chi connectivity index (χ0n) is 23.8. The number of aliphatic hydroxyl groups is 2. The Morgan fingerprint density at radius 1 is 1.19 bits per heavy atom. The minimum Gasteiger partial charge on any atom is -0.465 e. The van der Waals surface area contributed by atoms with Crippen molar-refractivity contribution in [1.82, 2.24) is 14.6 Å². The van der Waals surface area contributed by atoms with E-state index >= 15 is 0 Å². The molecule has 228 valence electrons. The molecule has 1 saturated heterocycles. The standard InChI is InChI=1S/C28H36N3O10P/c1-5-6-16-38-25(34)17(2)30-42(37,41-21-13-9-11-19-10-7-8-12-20(19)21)40-18(3)23-24(33)28(4,36)26(39-23)31-15-14-22(32)29-27(31)35/h7-15,17-18,23-24,26,33,36H,5-6,16H2,1-4H3,(H,30,37)(H,29,32,35). The van der Waals surface area contributed by atoms with Crippen LogP contribution in [0.2, 0.25) is 0 Å². The molecule has 1 aliphatic heterocycles. The summed E-state index contributed by atoms with van der Waals surface area (Å²) in [4.78, 5) is 38.6. The van der Waals surface area contributed by atoms with E-state index in [-0.39, 0.29) is 12.4 Å². The van der Waals surface area contributed by atoms with Gasteiger partial charge in [-0.15, -0.1) is 0 Å². The molecule has 13 nitrogen and oxygen atoms in total. The van der Waals surface area contributed by atoms with Crippen molar-refractivity contribution in [1.29, 1.82) is 0 Å². The number of fused-ring (bicyclic) bond motifs is 1. The smallest absolute Gasteiger partial charge is 0.459 e. The minimum atomic E-state index is -4.42. The number of aromatic nitrogens is 2. The van der Waals surface area contributed by atoms with Gasteiger partial charge in [0.2, 0.25) is 0 Å². The number of carbonyl (C=O) groups excluding carboxylic acids is 1. The van der Waals surface area contributed by atoms with Crippen LogP contribution in [0.4, 0.5) is 0 Å². The van der Waals surface area contributed by atoms with Gasteiger partial charge < -0.3 is 24.2 Å². The predicted molar refractivity (Wildman–Crippen MR) is 153 cm³/mol. The summed E-state index contributed by atoms with van der Waals surface area (Å²) in [6.07, 6.45) is -2.98. The maximum absolute atomic E-state index is 14.3. The molecule has 7 atom stereocenters. The van der Waals surface area contributed by atoms with Gasteiger partial charge in [-0.1, -0.05) is 49.7 Å². The Labute approximate surface area is 242 Å². The third-order valence-electron chi connectivity index (χ3n) is 6.98. The number of nitrogens with zero attached hydrogens (tertiary/aromatic N) is 1. The second-order valence-electron chi connectivity index (χ2n) is 10.4. The first-order valence-electron chi connectivity index (χ1n) is 13.6. The number of H-pyrrole nitrogens is 1. The summed E-state index contributed by atoms with van der Waals surface area (Å²) in [6.45, 7) is 6.28. The van der Waals surface area contributed by atoms with Gasteiger partial charge in [0, 0.05) is 17.6 Å². The molecule has 0 radical (unpaired) electrons. The van der Waals surface area contributed by atoms with E-state index in [0.717, 1.165) is 28.6 Å². The third-order valence-corrected chi connectivity index (χ3v) is 8.73. The molecule has 3 aromatic rings. The number of unbranched alkanes of at least 4 members (excludes halogenated alkanes) is 1. The molecule has 1 aromatic heterocycles.